The third kappa shape index (κ3) is 4.08. The zero-order valence-corrected chi connectivity index (χ0v) is 11.4. The molecule has 0 radical (unpaired) electrons. The first-order valence-corrected chi connectivity index (χ1v) is 5.85. The summed E-state index contributed by atoms with van der Waals surface area (Å²) >= 11 is 2.71. The van der Waals surface area contributed by atoms with Crippen LogP contribution in [0.1, 0.15) is 17.3 Å². The Balaban J connectivity index is 3.34. The number of nitro groups is 1. The van der Waals surface area contributed by atoms with E-state index < -0.39 is 34.3 Å². The molecule has 0 aromatic heterocycles. The molecule has 0 amide bonds. The van der Waals surface area contributed by atoms with E-state index >= 15 is 0 Å². The number of ether oxygens (including phenoxy) is 2. The van der Waals surface area contributed by atoms with E-state index in [9.17, 15) is 28.1 Å². The van der Waals surface area contributed by atoms with Crippen molar-refractivity contribution in [1.29, 1.82) is 0 Å². The molecule has 0 unspecified atom stereocenters. The lowest BCUT2D eigenvalue weighted by molar-refractivity contribution is -0.385. The summed E-state index contributed by atoms with van der Waals surface area (Å²) in [6.45, 7) is 1.37. The maximum atomic E-state index is 12.2. The summed E-state index contributed by atoms with van der Waals surface area (Å²) in [5.74, 6) is -1.88. The summed E-state index contributed by atoms with van der Waals surface area (Å²) in [6.07, 6.45) is -5.00. The van der Waals surface area contributed by atoms with Gasteiger partial charge in [0, 0.05) is 12.1 Å². The number of benzene rings is 1. The number of rotatable bonds is 4. The first-order chi connectivity index (χ1) is 9.15. The Kier molecular flexibility index (Phi) is 4.93. The molecule has 1 aromatic rings. The van der Waals surface area contributed by atoms with Gasteiger partial charge in [0.2, 0.25) is 0 Å². The van der Waals surface area contributed by atoms with E-state index in [1.807, 2.05) is 0 Å². The highest BCUT2D eigenvalue weighted by atomic mass is 79.9. The first-order valence-electron chi connectivity index (χ1n) is 5.06. The molecule has 10 heteroatoms. The Morgan fingerprint density at radius 2 is 2.05 bits per heavy atom. The Hall–Kier alpha value is -1.84. The average molecular weight is 358 g/mol. The molecule has 0 saturated carbocycles. The summed E-state index contributed by atoms with van der Waals surface area (Å²) in [5, 5.41) is 10.8. The van der Waals surface area contributed by atoms with Crippen LogP contribution in [-0.4, -0.2) is 23.9 Å². The predicted octanol–water partition coefficient (Wildman–Crippen LogP) is 3.43. The van der Waals surface area contributed by atoms with Crippen LogP contribution in [0.4, 0.5) is 18.9 Å². The normalized spacial score (nSPS) is 11.1. The number of carbonyl (C=O) groups excluding carboxylic acids is 1. The molecule has 0 aliphatic rings. The van der Waals surface area contributed by atoms with Crippen LogP contribution in [0.2, 0.25) is 0 Å². The second-order valence-corrected chi connectivity index (χ2v) is 4.18. The summed E-state index contributed by atoms with van der Waals surface area (Å²) in [4.78, 5) is 21.4. The lowest BCUT2D eigenvalue weighted by atomic mass is 10.1. The van der Waals surface area contributed by atoms with Gasteiger partial charge < -0.3 is 9.47 Å². The van der Waals surface area contributed by atoms with Crippen molar-refractivity contribution in [2.45, 2.75) is 13.3 Å². The van der Waals surface area contributed by atoms with Gasteiger partial charge in [-0.15, -0.1) is 13.2 Å². The van der Waals surface area contributed by atoms with Crippen molar-refractivity contribution >= 4 is 27.6 Å². The van der Waals surface area contributed by atoms with E-state index in [0.29, 0.717) is 6.07 Å². The lowest BCUT2D eigenvalue weighted by Gasteiger charge is -2.12. The van der Waals surface area contributed by atoms with Gasteiger partial charge in [-0.2, -0.15) is 0 Å². The molecule has 1 aromatic carbocycles. The van der Waals surface area contributed by atoms with Crippen molar-refractivity contribution in [3.63, 3.8) is 0 Å². The monoisotopic (exact) mass is 357 g/mol. The molecule has 0 atom stereocenters. The zero-order chi connectivity index (χ0) is 15.5. The fourth-order valence-electron chi connectivity index (χ4n) is 1.27. The molecule has 1 rings (SSSR count). The SMILES string of the molecule is CCOC(=O)c1cc(OC(F)(F)F)c(Br)cc1[N+](=O)[O-]. The summed E-state index contributed by atoms with van der Waals surface area (Å²) in [5.41, 5.74) is -1.32. The van der Waals surface area contributed by atoms with Crippen LogP contribution >= 0.6 is 15.9 Å². The van der Waals surface area contributed by atoms with Crippen molar-refractivity contribution in [3.8, 4) is 5.75 Å². The summed E-state index contributed by atoms with van der Waals surface area (Å²) < 4.78 is 44.4. The molecule has 0 aliphatic carbocycles. The van der Waals surface area contributed by atoms with E-state index in [1.54, 1.807) is 0 Å². The van der Waals surface area contributed by atoms with E-state index in [4.69, 9.17) is 0 Å². The van der Waals surface area contributed by atoms with Gasteiger partial charge in [-0.05, 0) is 22.9 Å². The molecular weight excluding hydrogens is 351 g/mol. The second kappa shape index (κ2) is 6.07. The topological polar surface area (TPSA) is 78.7 Å². The minimum absolute atomic E-state index is 0.0818. The van der Waals surface area contributed by atoms with Crippen molar-refractivity contribution in [2.75, 3.05) is 6.61 Å². The van der Waals surface area contributed by atoms with Crippen molar-refractivity contribution in [3.05, 3.63) is 32.3 Å². The minimum atomic E-state index is -5.00. The molecule has 0 heterocycles. The van der Waals surface area contributed by atoms with Gasteiger partial charge in [0.15, 0.2) is 0 Å². The molecule has 0 aliphatic heterocycles. The number of halogens is 4. The van der Waals surface area contributed by atoms with Gasteiger partial charge in [0.25, 0.3) is 5.69 Å². The van der Waals surface area contributed by atoms with Gasteiger partial charge >= 0.3 is 12.3 Å². The summed E-state index contributed by atoms with van der Waals surface area (Å²) in [6, 6.07) is 1.35. The predicted molar refractivity (Wildman–Crippen MR) is 63.4 cm³/mol. The van der Waals surface area contributed by atoms with Crippen LogP contribution in [0.3, 0.4) is 0 Å². The average Bonchev–Trinajstić information content (AvgIpc) is 2.29. The largest absolute Gasteiger partial charge is 0.573 e. The highest BCUT2D eigenvalue weighted by Crippen LogP contribution is 2.36. The highest BCUT2D eigenvalue weighted by molar-refractivity contribution is 9.10. The fraction of sp³-hybridized carbons (Fsp3) is 0.300. The fourth-order valence-corrected chi connectivity index (χ4v) is 1.68. The molecule has 0 N–H and O–H groups in total. The zero-order valence-electron chi connectivity index (χ0n) is 9.86. The molecule has 6 nitrogen and oxygen atoms in total. The number of hydrogen-bond acceptors (Lipinski definition) is 5. The maximum absolute atomic E-state index is 12.2. The minimum Gasteiger partial charge on any atom is -0.462 e. The highest BCUT2D eigenvalue weighted by Gasteiger charge is 2.34. The Morgan fingerprint density at radius 3 is 2.50 bits per heavy atom. The molecule has 0 spiro atoms. The van der Waals surface area contributed by atoms with Crippen LogP contribution in [0.15, 0.2) is 16.6 Å². The van der Waals surface area contributed by atoms with Crippen molar-refractivity contribution < 1.29 is 32.4 Å². The Labute approximate surface area is 118 Å². The van der Waals surface area contributed by atoms with Gasteiger partial charge in [0.05, 0.1) is 16.0 Å². The van der Waals surface area contributed by atoms with Gasteiger partial charge in [-0.3, -0.25) is 10.1 Å². The second-order valence-electron chi connectivity index (χ2n) is 3.33. The van der Waals surface area contributed by atoms with Crippen LogP contribution < -0.4 is 4.74 Å². The molecule has 0 saturated heterocycles. The third-order valence-electron chi connectivity index (χ3n) is 1.97. The van der Waals surface area contributed by atoms with E-state index in [2.05, 4.69) is 25.4 Å². The number of carbonyl (C=O) groups is 1. The third-order valence-corrected chi connectivity index (χ3v) is 2.59. The standard InChI is InChI=1S/C10H7BrF3NO5/c1-2-19-9(16)5-3-8(20-10(12,13)14)6(11)4-7(5)15(17)18/h3-4H,2H2,1H3. The molecule has 20 heavy (non-hydrogen) atoms. The number of esters is 1. The van der Waals surface area contributed by atoms with Gasteiger partial charge in [0.1, 0.15) is 11.3 Å². The lowest BCUT2D eigenvalue weighted by Crippen LogP contribution is -2.18. The van der Waals surface area contributed by atoms with Crippen LogP contribution in [0.5, 0.6) is 5.75 Å². The van der Waals surface area contributed by atoms with Crippen LogP contribution in [-0.2, 0) is 4.74 Å². The number of alkyl halides is 3. The summed E-state index contributed by atoms with van der Waals surface area (Å²) in [7, 11) is 0. The number of hydrogen-bond donors (Lipinski definition) is 0. The van der Waals surface area contributed by atoms with Crippen molar-refractivity contribution in [2.24, 2.45) is 0 Å². The maximum Gasteiger partial charge on any atom is 0.573 e. The van der Waals surface area contributed by atoms with Crippen molar-refractivity contribution in [1.82, 2.24) is 0 Å². The van der Waals surface area contributed by atoms with Crippen LogP contribution in [0, 0.1) is 10.1 Å². The molecule has 110 valence electrons. The Bertz CT molecular complexity index is 546. The quantitative estimate of drug-likeness (QED) is 0.468. The van der Waals surface area contributed by atoms with Gasteiger partial charge in [-0.1, -0.05) is 0 Å². The molecular formula is C10H7BrF3NO5. The van der Waals surface area contributed by atoms with E-state index in [-0.39, 0.29) is 11.1 Å². The Morgan fingerprint density at radius 1 is 1.45 bits per heavy atom. The van der Waals surface area contributed by atoms with E-state index in [0.717, 1.165) is 6.07 Å². The first kappa shape index (κ1) is 16.2. The van der Waals surface area contributed by atoms with Gasteiger partial charge in [-0.25, -0.2) is 4.79 Å². The van der Waals surface area contributed by atoms with E-state index in [1.165, 1.54) is 6.92 Å². The van der Waals surface area contributed by atoms with Crippen LogP contribution in [0.25, 0.3) is 0 Å². The number of nitro benzene ring substituents is 1. The molecule has 0 fully saturated rings. The smallest absolute Gasteiger partial charge is 0.462 e. The molecule has 0 bridgehead atoms. The number of nitrogens with zero attached hydrogens (tertiary/aromatic N) is 1.